The van der Waals surface area contributed by atoms with Crippen LogP contribution in [0.3, 0.4) is 0 Å². The molecule has 4 aromatic rings. The van der Waals surface area contributed by atoms with E-state index in [0.717, 1.165) is 11.7 Å². The number of rotatable bonds is 7. The molecule has 32 heavy (non-hydrogen) atoms. The average molecular weight is 505 g/mol. The minimum atomic E-state index is -1.95. The predicted molar refractivity (Wildman–Crippen MR) is 131 cm³/mol. The summed E-state index contributed by atoms with van der Waals surface area (Å²) in [6.07, 6.45) is 1.18. The van der Waals surface area contributed by atoms with E-state index in [1.54, 1.807) is 0 Å². The Morgan fingerprint density at radius 2 is 1.09 bits per heavy atom. The maximum absolute atomic E-state index is 11.8. The topological polar surface area (TPSA) is 26.3 Å². The fourth-order valence-electron chi connectivity index (χ4n) is 4.12. The van der Waals surface area contributed by atoms with E-state index in [-0.39, 0.29) is 29.4 Å². The SMILES string of the molecule is COC(=O)Cc1cccc(C[P+](c2ccccc2)(c2ccccc2)c2ccccc2)c1.[Br-]. The molecular formula is C28H26BrO2P. The van der Waals surface area contributed by atoms with Gasteiger partial charge in [0, 0.05) is 0 Å². The molecule has 0 amide bonds. The molecule has 0 N–H and O–H groups in total. The first-order valence-electron chi connectivity index (χ1n) is 10.4. The van der Waals surface area contributed by atoms with E-state index in [2.05, 4.69) is 103 Å². The Morgan fingerprint density at radius 1 is 0.656 bits per heavy atom. The van der Waals surface area contributed by atoms with Gasteiger partial charge >= 0.3 is 5.97 Å². The van der Waals surface area contributed by atoms with E-state index in [1.807, 2.05) is 12.1 Å². The standard InChI is InChI=1S/C28H26O2P.BrH/c1-30-28(29)21-23-12-11-13-24(20-23)22-31(25-14-5-2-6-15-25,26-16-7-3-8-17-26)27-18-9-4-10-19-27;/h2-20H,21-22H2,1H3;1H/q+1;/p-1. The lowest BCUT2D eigenvalue weighted by atomic mass is 10.1. The summed E-state index contributed by atoms with van der Waals surface area (Å²) in [5.41, 5.74) is 2.21. The Morgan fingerprint density at radius 3 is 1.53 bits per heavy atom. The molecule has 0 bridgehead atoms. The van der Waals surface area contributed by atoms with Crippen LogP contribution < -0.4 is 32.9 Å². The van der Waals surface area contributed by atoms with Gasteiger partial charge in [0.15, 0.2) is 0 Å². The summed E-state index contributed by atoms with van der Waals surface area (Å²) < 4.78 is 4.87. The summed E-state index contributed by atoms with van der Waals surface area (Å²) in [6, 6.07) is 40.9. The van der Waals surface area contributed by atoms with Gasteiger partial charge in [0.05, 0.1) is 19.7 Å². The fourth-order valence-corrected chi connectivity index (χ4v) is 8.35. The van der Waals surface area contributed by atoms with Gasteiger partial charge in [0.1, 0.15) is 23.2 Å². The molecular weight excluding hydrogens is 479 g/mol. The number of benzene rings is 4. The van der Waals surface area contributed by atoms with Crippen LogP contribution in [0.2, 0.25) is 0 Å². The summed E-state index contributed by atoms with van der Waals surface area (Å²) in [7, 11) is -0.519. The lowest BCUT2D eigenvalue weighted by molar-refractivity contribution is -0.139. The van der Waals surface area contributed by atoms with Gasteiger partial charge < -0.3 is 21.7 Å². The number of methoxy groups -OCH3 is 1. The van der Waals surface area contributed by atoms with Crippen LogP contribution in [0.5, 0.6) is 0 Å². The number of carbonyl (C=O) groups is 1. The van der Waals surface area contributed by atoms with Crippen LogP contribution in [0.25, 0.3) is 0 Å². The summed E-state index contributed by atoms with van der Waals surface area (Å²) in [4.78, 5) is 11.8. The lowest BCUT2D eigenvalue weighted by Crippen LogP contribution is -3.00. The number of halogens is 1. The quantitative estimate of drug-likeness (QED) is 0.284. The lowest BCUT2D eigenvalue weighted by Gasteiger charge is -2.28. The van der Waals surface area contributed by atoms with Gasteiger partial charge in [-0.3, -0.25) is 4.79 Å². The van der Waals surface area contributed by atoms with Crippen molar-refractivity contribution in [2.45, 2.75) is 12.6 Å². The third kappa shape index (κ3) is 5.18. The second-order valence-corrected chi connectivity index (χ2v) is 11.0. The zero-order valence-electron chi connectivity index (χ0n) is 18.0. The third-order valence-corrected chi connectivity index (χ3v) is 9.96. The highest BCUT2D eigenvalue weighted by Crippen LogP contribution is 2.58. The van der Waals surface area contributed by atoms with E-state index < -0.39 is 7.26 Å². The van der Waals surface area contributed by atoms with Gasteiger partial charge in [0.2, 0.25) is 0 Å². The van der Waals surface area contributed by atoms with Crippen LogP contribution in [0.4, 0.5) is 0 Å². The van der Waals surface area contributed by atoms with Gasteiger partial charge in [-0.1, -0.05) is 78.9 Å². The van der Waals surface area contributed by atoms with Crippen LogP contribution in [0, 0.1) is 0 Å². The van der Waals surface area contributed by atoms with Crippen LogP contribution in [0.15, 0.2) is 115 Å². The first-order chi connectivity index (χ1) is 15.2. The second kappa shape index (κ2) is 11.2. The van der Waals surface area contributed by atoms with Crippen molar-refractivity contribution in [3.05, 3.63) is 126 Å². The van der Waals surface area contributed by atoms with Crippen molar-refractivity contribution >= 4 is 29.1 Å². The highest BCUT2D eigenvalue weighted by atomic mass is 79.9. The molecule has 4 rings (SSSR count). The largest absolute Gasteiger partial charge is 1.00 e. The molecule has 4 aromatic carbocycles. The minimum absolute atomic E-state index is 0. The number of ether oxygens (including phenoxy) is 1. The Kier molecular flexibility index (Phi) is 8.39. The van der Waals surface area contributed by atoms with E-state index >= 15 is 0 Å². The van der Waals surface area contributed by atoms with Crippen molar-refractivity contribution in [1.29, 1.82) is 0 Å². The molecule has 0 aliphatic heterocycles. The first kappa shape index (κ1) is 23.9. The monoisotopic (exact) mass is 504 g/mol. The summed E-state index contributed by atoms with van der Waals surface area (Å²) >= 11 is 0. The Labute approximate surface area is 201 Å². The summed E-state index contributed by atoms with van der Waals surface area (Å²) in [5.74, 6) is -0.215. The van der Waals surface area contributed by atoms with Gasteiger partial charge in [0.25, 0.3) is 0 Å². The molecule has 0 unspecified atom stereocenters. The van der Waals surface area contributed by atoms with E-state index in [9.17, 15) is 4.79 Å². The molecule has 4 heteroatoms. The predicted octanol–water partition coefficient (Wildman–Crippen LogP) is 1.90. The Bertz CT molecular complexity index is 1040. The highest BCUT2D eigenvalue weighted by Gasteiger charge is 2.45. The maximum atomic E-state index is 11.8. The molecule has 0 radical (unpaired) electrons. The first-order valence-corrected chi connectivity index (χ1v) is 12.4. The van der Waals surface area contributed by atoms with Crippen molar-refractivity contribution in [3.63, 3.8) is 0 Å². The molecule has 0 aromatic heterocycles. The zero-order chi connectivity index (χ0) is 21.5. The molecule has 0 atom stereocenters. The smallest absolute Gasteiger partial charge is 0.309 e. The maximum Gasteiger partial charge on any atom is 0.309 e. The molecule has 162 valence electrons. The van der Waals surface area contributed by atoms with Crippen molar-refractivity contribution < 1.29 is 26.5 Å². The van der Waals surface area contributed by atoms with Crippen LogP contribution in [0.1, 0.15) is 11.1 Å². The van der Waals surface area contributed by atoms with Crippen molar-refractivity contribution in [3.8, 4) is 0 Å². The minimum Gasteiger partial charge on any atom is -1.00 e. The summed E-state index contributed by atoms with van der Waals surface area (Å²) in [6.45, 7) is 0. The molecule has 0 saturated heterocycles. The van der Waals surface area contributed by atoms with Gasteiger partial charge in [-0.05, 0) is 47.5 Å². The van der Waals surface area contributed by atoms with Crippen molar-refractivity contribution in [1.82, 2.24) is 0 Å². The molecule has 0 aliphatic carbocycles. The van der Waals surface area contributed by atoms with E-state index in [4.69, 9.17) is 4.74 Å². The van der Waals surface area contributed by atoms with Crippen molar-refractivity contribution in [2.24, 2.45) is 0 Å². The fraction of sp³-hybridized carbons (Fsp3) is 0.107. The Balaban J connectivity index is 0.00000289. The number of esters is 1. The molecule has 0 saturated carbocycles. The molecule has 0 aliphatic rings. The Hall–Kier alpha value is -2.74. The van der Waals surface area contributed by atoms with E-state index in [1.165, 1.54) is 28.6 Å². The molecule has 0 spiro atoms. The normalized spacial score (nSPS) is 10.8. The number of hydrogen-bond acceptors (Lipinski definition) is 2. The van der Waals surface area contributed by atoms with Crippen LogP contribution in [-0.4, -0.2) is 13.1 Å². The average Bonchev–Trinajstić information content (AvgIpc) is 2.84. The molecule has 0 heterocycles. The number of hydrogen-bond donors (Lipinski definition) is 0. The van der Waals surface area contributed by atoms with E-state index in [0.29, 0.717) is 0 Å². The van der Waals surface area contributed by atoms with Crippen molar-refractivity contribution in [2.75, 3.05) is 7.11 Å². The molecule has 0 fully saturated rings. The van der Waals surface area contributed by atoms with Crippen LogP contribution in [-0.2, 0) is 22.1 Å². The summed E-state index contributed by atoms with van der Waals surface area (Å²) in [5, 5.41) is 4.06. The van der Waals surface area contributed by atoms with Gasteiger partial charge in [-0.2, -0.15) is 0 Å². The zero-order valence-corrected chi connectivity index (χ0v) is 20.5. The molecule has 2 nitrogen and oxygen atoms in total. The third-order valence-electron chi connectivity index (χ3n) is 5.58. The second-order valence-electron chi connectivity index (χ2n) is 7.55. The highest BCUT2D eigenvalue weighted by molar-refractivity contribution is 7.95. The van der Waals surface area contributed by atoms with Crippen LogP contribution >= 0.6 is 7.26 Å². The number of carbonyl (C=O) groups excluding carboxylic acids is 1. The van der Waals surface area contributed by atoms with Gasteiger partial charge in [-0.25, -0.2) is 0 Å². The van der Waals surface area contributed by atoms with Gasteiger partial charge in [-0.15, -0.1) is 0 Å².